The van der Waals surface area contributed by atoms with Crippen LogP contribution < -0.4 is 5.32 Å². The minimum absolute atomic E-state index is 0. The monoisotopic (exact) mass is 339 g/mol. The number of halogens is 1. The summed E-state index contributed by atoms with van der Waals surface area (Å²) in [6, 6.07) is 8.63. The molecule has 0 bridgehead atoms. The molecule has 0 atom stereocenters. The van der Waals surface area contributed by atoms with E-state index in [4.69, 9.17) is 0 Å². The molecule has 2 rings (SSSR count). The van der Waals surface area contributed by atoms with E-state index < -0.39 is 0 Å². The van der Waals surface area contributed by atoms with Crippen LogP contribution in [0.15, 0.2) is 24.3 Å². The molecule has 0 aromatic heterocycles. The van der Waals surface area contributed by atoms with Crippen molar-refractivity contribution in [2.75, 3.05) is 33.7 Å². The fourth-order valence-electron chi connectivity index (χ4n) is 3.01. The highest BCUT2D eigenvalue weighted by Crippen LogP contribution is 2.17. The van der Waals surface area contributed by atoms with Gasteiger partial charge < -0.3 is 15.1 Å². The van der Waals surface area contributed by atoms with Gasteiger partial charge in [-0.25, -0.2) is 0 Å². The molecule has 0 radical (unpaired) electrons. The minimum Gasteiger partial charge on any atom is -0.338 e. The van der Waals surface area contributed by atoms with Gasteiger partial charge in [-0.3, -0.25) is 4.79 Å². The van der Waals surface area contributed by atoms with Crippen LogP contribution in [0.3, 0.4) is 0 Å². The highest BCUT2D eigenvalue weighted by molar-refractivity contribution is 5.85. The third-order valence-corrected chi connectivity index (χ3v) is 4.28. The molecule has 0 unspecified atom stereocenters. The molecule has 1 N–H and O–H groups in total. The summed E-state index contributed by atoms with van der Waals surface area (Å²) in [7, 11) is 4.15. The van der Waals surface area contributed by atoms with Crippen molar-refractivity contribution < 1.29 is 4.79 Å². The summed E-state index contributed by atoms with van der Waals surface area (Å²) in [5.74, 6) is 0.524. The van der Waals surface area contributed by atoms with Crippen molar-refractivity contribution in [2.24, 2.45) is 5.92 Å². The topological polar surface area (TPSA) is 35.6 Å². The van der Waals surface area contributed by atoms with Gasteiger partial charge in [-0.2, -0.15) is 0 Å². The van der Waals surface area contributed by atoms with Crippen molar-refractivity contribution in [3.63, 3.8) is 0 Å². The molecule has 1 aliphatic rings. The van der Waals surface area contributed by atoms with Gasteiger partial charge in [0.25, 0.3) is 0 Å². The Kier molecular flexibility index (Phi) is 8.59. The standard InChI is InChI=1S/C18H29N3O.ClH/c1-4-21(18(22)17-9-11-19-12-10-17)14-16-7-5-15(6-8-16)13-20(2)3;/h5-8,17,19H,4,9-14H2,1-3H3;1H. The van der Waals surface area contributed by atoms with Crippen molar-refractivity contribution in [3.8, 4) is 0 Å². The summed E-state index contributed by atoms with van der Waals surface area (Å²) in [6.07, 6.45) is 1.94. The Balaban J connectivity index is 0.00000264. The Morgan fingerprint density at radius 2 is 1.61 bits per heavy atom. The molecule has 1 aromatic carbocycles. The number of hydrogen-bond acceptors (Lipinski definition) is 3. The number of rotatable bonds is 6. The third-order valence-electron chi connectivity index (χ3n) is 4.28. The van der Waals surface area contributed by atoms with Gasteiger partial charge in [0.05, 0.1) is 0 Å². The van der Waals surface area contributed by atoms with Crippen LogP contribution >= 0.6 is 12.4 Å². The van der Waals surface area contributed by atoms with E-state index in [-0.39, 0.29) is 18.3 Å². The van der Waals surface area contributed by atoms with Gasteiger partial charge in [-0.1, -0.05) is 24.3 Å². The zero-order valence-electron chi connectivity index (χ0n) is 14.5. The predicted molar refractivity (Wildman–Crippen MR) is 97.8 cm³/mol. The molecule has 0 saturated carbocycles. The second kappa shape index (κ2) is 9.91. The molecule has 1 aliphatic heterocycles. The summed E-state index contributed by atoms with van der Waals surface area (Å²) in [5, 5.41) is 3.32. The van der Waals surface area contributed by atoms with Crippen molar-refractivity contribution >= 4 is 18.3 Å². The SMILES string of the molecule is CCN(Cc1ccc(CN(C)C)cc1)C(=O)C1CCNCC1.Cl. The highest BCUT2D eigenvalue weighted by Gasteiger charge is 2.25. The van der Waals surface area contributed by atoms with Crippen molar-refractivity contribution in [2.45, 2.75) is 32.9 Å². The number of carbonyl (C=O) groups is 1. The van der Waals surface area contributed by atoms with Gasteiger partial charge in [0, 0.05) is 25.6 Å². The van der Waals surface area contributed by atoms with Gasteiger partial charge in [-0.05, 0) is 58.1 Å². The van der Waals surface area contributed by atoms with E-state index in [1.165, 1.54) is 11.1 Å². The van der Waals surface area contributed by atoms with Gasteiger partial charge in [0.15, 0.2) is 0 Å². The first-order valence-corrected chi connectivity index (χ1v) is 8.32. The lowest BCUT2D eigenvalue weighted by Crippen LogP contribution is -2.40. The highest BCUT2D eigenvalue weighted by atomic mass is 35.5. The minimum atomic E-state index is 0. The lowest BCUT2D eigenvalue weighted by atomic mass is 9.96. The number of hydrogen-bond donors (Lipinski definition) is 1. The van der Waals surface area contributed by atoms with Crippen LogP contribution in [0.1, 0.15) is 30.9 Å². The zero-order chi connectivity index (χ0) is 15.9. The Morgan fingerprint density at radius 1 is 1.09 bits per heavy atom. The van der Waals surface area contributed by atoms with Crippen LogP contribution in [-0.4, -0.2) is 49.4 Å². The Labute approximate surface area is 146 Å². The molecule has 0 spiro atoms. The lowest BCUT2D eigenvalue weighted by molar-refractivity contribution is -0.136. The number of carbonyl (C=O) groups excluding carboxylic acids is 1. The fraction of sp³-hybridized carbons (Fsp3) is 0.611. The van der Waals surface area contributed by atoms with Crippen LogP contribution in [0.4, 0.5) is 0 Å². The first-order chi connectivity index (χ1) is 10.6. The number of nitrogens with zero attached hydrogens (tertiary/aromatic N) is 2. The number of amides is 1. The summed E-state index contributed by atoms with van der Waals surface area (Å²) in [4.78, 5) is 16.8. The first kappa shape index (κ1) is 19.9. The van der Waals surface area contributed by atoms with Crippen LogP contribution in [0.2, 0.25) is 0 Å². The van der Waals surface area contributed by atoms with Crippen LogP contribution in [-0.2, 0) is 17.9 Å². The average Bonchev–Trinajstić information content (AvgIpc) is 2.54. The van der Waals surface area contributed by atoms with E-state index in [1.54, 1.807) is 0 Å². The first-order valence-electron chi connectivity index (χ1n) is 8.32. The number of piperidine rings is 1. The molecule has 1 heterocycles. The van der Waals surface area contributed by atoms with Crippen LogP contribution in [0, 0.1) is 5.92 Å². The maximum Gasteiger partial charge on any atom is 0.226 e. The summed E-state index contributed by atoms with van der Waals surface area (Å²) >= 11 is 0. The molecular weight excluding hydrogens is 310 g/mol. The van der Waals surface area contributed by atoms with Crippen molar-refractivity contribution in [1.82, 2.24) is 15.1 Å². The summed E-state index contributed by atoms with van der Waals surface area (Å²) < 4.78 is 0. The smallest absolute Gasteiger partial charge is 0.226 e. The summed E-state index contributed by atoms with van der Waals surface area (Å²) in [6.45, 7) is 6.45. The normalized spacial score (nSPS) is 15.3. The van der Waals surface area contributed by atoms with Crippen molar-refractivity contribution in [3.05, 3.63) is 35.4 Å². The van der Waals surface area contributed by atoms with E-state index in [0.717, 1.165) is 45.6 Å². The predicted octanol–water partition coefficient (Wildman–Crippen LogP) is 2.52. The molecule has 5 heteroatoms. The van der Waals surface area contributed by atoms with E-state index in [0.29, 0.717) is 5.91 Å². The molecular formula is C18H30ClN3O. The maximum atomic E-state index is 12.6. The number of nitrogens with one attached hydrogen (secondary N) is 1. The van der Waals surface area contributed by atoms with Gasteiger partial charge in [0.2, 0.25) is 5.91 Å². The van der Waals surface area contributed by atoms with Gasteiger partial charge >= 0.3 is 0 Å². The molecule has 23 heavy (non-hydrogen) atoms. The second-order valence-electron chi connectivity index (χ2n) is 6.43. The van der Waals surface area contributed by atoms with Crippen molar-refractivity contribution in [1.29, 1.82) is 0 Å². The van der Waals surface area contributed by atoms with E-state index in [1.807, 2.05) is 4.90 Å². The zero-order valence-corrected chi connectivity index (χ0v) is 15.4. The molecule has 130 valence electrons. The molecule has 0 aliphatic carbocycles. The maximum absolute atomic E-state index is 12.6. The molecule has 1 saturated heterocycles. The Morgan fingerprint density at radius 3 is 2.09 bits per heavy atom. The van der Waals surface area contributed by atoms with E-state index in [2.05, 4.69) is 55.5 Å². The van der Waals surface area contributed by atoms with Gasteiger partial charge in [-0.15, -0.1) is 12.4 Å². The van der Waals surface area contributed by atoms with E-state index >= 15 is 0 Å². The molecule has 1 amide bonds. The van der Waals surface area contributed by atoms with Crippen LogP contribution in [0.25, 0.3) is 0 Å². The number of benzene rings is 1. The van der Waals surface area contributed by atoms with Crippen LogP contribution in [0.5, 0.6) is 0 Å². The summed E-state index contributed by atoms with van der Waals surface area (Å²) in [5.41, 5.74) is 2.52. The largest absolute Gasteiger partial charge is 0.338 e. The third kappa shape index (κ3) is 6.13. The Hall–Kier alpha value is -1.10. The average molecular weight is 340 g/mol. The Bertz CT molecular complexity index is 470. The van der Waals surface area contributed by atoms with Gasteiger partial charge in [0.1, 0.15) is 0 Å². The quantitative estimate of drug-likeness (QED) is 0.865. The molecule has 4 nitrogen and oxygen atoms in total. The molecule has 1 aromatic rings. The van der Waals surface area contributed by atoms with E-state index in [9.17, 15) is 4.79 Å². The molecule has 1 fully saturated rings. The second-order valence-corrected chi connectivity index (χ2v) is 6.43. The fourth-order valence-corrected chi connectivity index (χ4v) is 3.01. The lowest BCUT2D eigenvalue weighted by Gasteiger charge is -2.29.